The molecule has 0 radical (unpaired) electrons. The Morgan fingerprint density at radius 3 is 1.47 bits per heavy atom. The normalized spacial score (nSPS) is 12.0. The van der Waals surface area contributed by atoms with Crippen LogP contribution in [-0.4, -0.2) is 23.4 Å². The van der Waals surface area contributed by atoms with E-state index in [0.29, 0.717) is 0 Å². The van der Waals surface area contributed by atoms with Crippen LogP contribution in [0.2, 0.25) is 0 Å². The molecule has 0 heterocycles. The van der Waals surface area contributed by atoms with Gasteiger partial charge >= 0.3 is 11.9 Å². The molecule has 0 aromatic rings. The van der Waals surface area contributed by atoms with Crippen LogP contribution >= 0.6 is 30.2 Å². The van der Waals surface area contributed by atoms with Gasteiger partial charge in [0.25, 0.3) is 0 Å². The Labute approximate surface area is 112 Å². The van der Waals surface area contributed by atoms with Gasteiger partial charge in [-0.25, -0.2) is 0 Å². The summed E-state index contributed by atoms with van der Waals surface area (Å²) in [6.45, 7) is 7.34. The Bertz CT molecular complexity index is 232. The van der Waals surface area contributed by atoms with Crippen molar-refractivity contribution in [3.05, 3.63) is 0 Å². The maximum atomic E-state index is 11.4. The van der Waals surface area contributed by atoms with Crippen LogP contribution < -0.4 is 0 Å². The van der Waals surface area contributed by atoms with Gasteiger partial charge in [-0.3, -0.25) is 9.59 Å². The van der Waals surface area contributed by atoms with Gasteiger partial charge in [0.2, 0.25) is 0 Å². The van der Waals surface area contributed by atoms with E-state index in [-0.39, 0.29) is 24.8 Å². The van der Waals surface area contributed by atoms with Crippen LogP contribution in [0.3, 0.4) is 0 Å². The first-order chi connectivity index (χ1) is 8.03. The Balaban J connectivity index is 4.82. The summed E-state index contributed by atoms with van der Waals surface area (Å²) < 4.78 is 10.7. The smallest absolute Gasteiger partial charge is 0.325 e. The molecule has 0 atom stereocenters. The molecule has 0 unspecified atom stereocenters. The lowest BCUT2D eigenvalue weighted by Gasteiger charge is -2.37. The summed E-state index contributed by atoms with van der Waals surface area (Å²) in [7, 11) is 0.607. The molecule has 0 aliphatic rings. The standard InChI is InChI=1S/C10H20O4S3/c1-5-9(11)13-17(15-7-3,16-8-4)14-10(12)6-2/h5-8H2,1-4H3. The van der Waals surface area contributed by atoms with Gasteiger partial charge in [0.15, 0.2) is 0 Å². The van der Waals surface area contributed by atoms with E-state index >= 15 is 0 Å². The van der Waals surface area contributed by atoms with Crippen molar-refractivity contribution in [1.82, 2.24) is 0 Å². The molecule has 0 bridgehead atoms. The Morgan fingerprint density at radius 2 is 1.24 bits per heavy atom. The molecular formula is C10H20O4S3. The van der Waals surface area contributed by atoms with Crippen LogP contribution in [0.15, 0.2) is 0 Å². The minimum absolute atomic E-state index is 0.285. The number of hydrogen-bond donors (Lipinski definition) is 0. The lowest BCUT2D eigenvalue weighted by Crippen LogP contribution is -2.12. The SMILES string of the molecule is CCSS(OC(=O)CC)(OC(=O)CC)SCC. The Hall–Kier alpha value is -0.0100. The van der Waals surface area contributed by atoms with Gasteiger partial charge in [0, 0.05) is 45.9 Å². The average Bonchev–Trinajstić information content (AvgIpc) is 2.29. The molecule has 7 heteroatoms. The molecule has 0 N–H and O–H groups in total. The van der Waals surface area contributed by atoms with Gasteiger partial charge in [0.05, 0.1) is 0 Å². The third-order valence-electron chi connectivity index (χ3n) is 1.49. The quantitative estimate of drug-likeness (QED) is 0.634. The van der Waals surface area contributed by atoms with E-state index in [1.807, 2.05) is 13.8 Å². The lowest BCUT2D eigenvalue weighted by atomic mass is 10.5. The second-order valence-electron chi connectivity index (χ2n) is 2.84. The van der Waals surface area contributed by atoms with E-state index in [1.54, 1.807) is 13.8 Å². The van der Waals surface area contributed by atoms with Gasteiger partial charge in [-0.2, -0.15) is 0 Å². The van der Waals surface area contributed by atoms with Crippen LogP contribution in [0.5, 0.6) is 0 Å². The second kappa shape index (κ2) is 8.99. The van der Waals surface area contributed by atoms with Crippen molar-refractivity contribution in [1.29, 1.82) is 0 Å². The Morgan fingerprint density at radius 1 is 0.882 bits per heavy atom. The fourth-order valence-corrected chi connectivity index (χ4v) is 8.11. The third kappa shape index (κ3) is 6.47. The van der Waals surface area contributed by atoms with Crippen molar-refractivity contribution in [2.45, 2.75) is 40.5 Å². The first kappa shape index (κ1) is 17.0. The molecule has 0 amide bonds. The van der Waals surface area contributed by atoms with E-state index in [2.05, 4.69) is 0 Å². The highest BCUT2D eigenvalue weighted by Gasteiger charge is 2.29. The highest BCUT2D eigenvalue weighted by atomic mass is 33.6. The summed E-state index contributed by atoms with van der Waals surface area (Å²) in [5.41, 5.74) is 0. The van der Waals surface area contributed by atoms with Crippen LogP contribution in [0.1, 0.15) is 40.5 Å². The predicted octanol–water partition coefficient (Wildman–Crippen LogP) is 3.86. The van der Waals surface area contributed by atoms with Crippen LogP contribution in [0.4, 0.5) is 0 Å². The lowest BCUT2D eigenvalue weighted by molar-refractivity contribution is -0.135. The molecule has 4 nitrogen and oxygen atoms in total. The monoisotopic (exact) mass is 300 g/mol. The maximum absolute atomic E-state index is 11.4. The highest BCUT2D eigenvalue weighted by molar-refractivity contribution is 9.21. The summed E-state index contributed by atoms with van der Waals surface area (Å²) in [6.07, 6.45) is 0.569. The second-order valence-corrected chi connectivity index (χ2v) is 10.3. The zero-order valence-electron chi connectivity index (χ0n) is 10.7. The number of rotatable bonds is 8. The number of carbonyl (C=O) groups is 2. The van der Waals surface area contributed by atoms with Crippen LogP contribution in [0, 0.1) is 0 Å². The molecule has 0 saturated carbocycles. The predicted molar refractivity (Wildman–Crippen MR) is 76.6 cm³/mol. The van der Waals surface area contributed by atoms with Gasteiger partial charge < -0.3 is 8.37 Å². The van der Waals surface area contributed by atoms with Crippen molar-refractivity contribution >= 4 is 42.2 Å². The van der Waals surface area contributed by atoms with E-state index < -0.39 is 8.65 Å². The largest absolute Gasteiger partial charge is 0.331 e. The average molecular weight is 300 g/mol. The molecule has 0 rings (SSSR count). The van der Waals surface area contributed by atoms with Crippen molar-refractivity contribution in [3.63, 3.8) is 0 Å². The van der Waals surface area contributed by atoms with Gasteiger partial charge in [-0.15, -0.1) is 0 Å². The van der Waals surface area contributed by atoms with Crippen LogP contribution in [0.25, 0.3) is 0 Å². The van der Waals surface area contributed by atoms with E-state index in [4.69, 9.17) is 8.37 Å². The Kier molecular flexibility index (Phi) is 8.99. The van der Waals surface area contributed by atoms with Crippen molar-refractivity contribution in [3.8, 4) is 0 Å². The molecule has 0 spiro atoms. The van der Waals surface area contributed by atoms with E-state index in [9.17, 15) is 9.59 Å². The molecule has 0 aliphatic heterocycles. The minimum Gasteiger partial charge on any atom is -0.325 e. The fraction of sp³-hybridized carbons (Fsp3) is 0.800. The molecule has 17 heavy (non-hydrogen) atoms. The topological polar surface area (TPSA) is 52.6 Å². The molecule has 0 saturated heterocycles. The third-order valence-corrected chi connectivity index (χ3v) is 9.02. The minimum atomic E-state index is -2.19. The van der Waals surface area contributed by atoms with Gasteiger partial charge in [-0.05, 0) is 8.65 Å². The van der Waals surface area contributed by atoms with Crippen molar-refractivity contribution < 1.29 is 18.0 Å². The van der Waals surface area contributed by atoms with Crippen molar-refractivity contribution in [2.75, 3.05) is 11.5 Å². The van der Waals surface area contributed by atoms with E-state index in [0.717, 1.165) is 11.5 Å². The highest BCUT2D eigenvalue weighted by Crippen LogP contribution is 2.71. The summed E-state index contributed by atoms with van der Waals surface area (Å²) in [5, 5.41) is 0. The molecule has 0 aromatic carbocycles. The van der Waals surface area contributed by atoms with Crippen molar-refractivity contribution in [2.24, 2.45) is 0 Å². The first-order valence-corrected chi connectivity index (χ1v) is 10.1. The van der Waals surface area contributed by atoms with Gasteiger partial charge in [0.1, 0.15) is 0 Å². The molecule has 0 aromatic heterocycles. The summed E-state index contributed by atoms with van der Waals surface area (Å²) in [5.74, 6) is 0.809. The summed E-state index contributed by atoms with van der Waals surface area (Å²) >= 11 is 0. The zero-order chi connectivity index (χ0) is 13.3. The number of carbonyl (C=O) groups excluding carboxylic acids is 2. The maximum Gasteiger partial charge on any atom is 0.331 e. The number of hydrogen-bond acceptors (Lipinski definition) is 6. The van der Waals surface area contributed by atoms with Crippen LogP contribution in [-0.2, 0) is 18.0 Å². The summed E-state index contributed by atoms with van der Waals surface area (Å²) in [6, 6.07) is 0. The molecule has 0 fully saturated rings. The molecule has 102 valence electrons. The molecular weight excluding hydrogens is 280 g/mol. The molecule has 0 aliphatic carbocycles. The zero-order valence-corrected chi connectivity index (χ0v) is 13.1. The first-order valence-electron chi connectivity index (χ1n) is 5.60. The summed E-state index contributed by atoms with van der Waals surface area (Å²) in [4.78, 5) is 22.9. The van der Waals surface area contributed by atoms with Gasteiger partial charge in [-0.1, -0.05) is 27.7 Å². The fourth-order valence-electron chi connectivity index (χ4n) is 0.781. The van der Waals surface area contributed by atoms with E-state index in [1.165, 1.54) is 21.6 Å².